The summed E-state index contributed by atoms with van der Waals surface area (Å²) in [4.78, 5) is 0. The van der Waals surface area contributed by atoms with Gasteiger partial charge in [-0.05, 0) is 18.1 Å². The standard InChI is InChI=1S/C17H24/c1-7-9-15-13-17(5,6)11-10-16(3,4)12-14(15)8-2/h7-13H,2H2,1,3-6H3/b9-7-,11-10-,14-12-,15-13-. The molecule has 0 fully saturated rings. The lowest BCUT2D eigenvalue weighted by Crippen LogP contribution is -2.12. The van der Waals surface area contributed by atoms with Crippen molar-refractivity contribution < 1.29 is 0 Å². The fourth-order valence-corrected chi connectivity index (χ4v) is 1.99. The number of hydrogen-bond donors (Lipinski definition) is 0. The van der Waals surface area contributed by atoms with Gasteiger partial charge in [-0.3, -0.25) is 0 Å². The van der Waals surface area contributed by atoms with Crippen molar-refractivity contribution in [1.82, 2.24) is 0 Å². The maximum Gasteiger partial charge on any atom is 0.00139 e. The third-order valence-electron chi connectivity index (χ3n) is 2.90. The van der Waals surface area contributed by atoms with Crippen LogP contribution in [0.3, 0.4) is 0 Å². The minimum atomic E-state index is 0.0713. The first-order valence-corrected chi connectivity index (χ1v) is 6.21. The SMILES string of the molecule is C=C/C1=C/C(C)(C)/C=C\C(C)(C)/C=C1/C=C\C. The van der Waals surface area contributed by atoms with Crippen LogP contribution in [0.25, 0.3) is 0 Å². The van der Waals surface area contributed by atoms with Gasteiger partial charge in [0.05, 0.1) is 0 Å². The summed E-state index contributed by atoms with van der Waals surface area (Å²) in [5.74, 6) is 0. The largest absolute Gasteiger partial charge is 0.0985 e. The van der Waals surface area contributed by atoms with Crippen LogP contribution in [0.4, 0.5) is 0 Å². The van der Waals surface area contributed by atoms with Gasteiger partial charge in [-0.2, -0.15) is 0 Å². The van der Waals surface area contributed by atoms with Crippen molar-refractivity contribution >= 4 is 0 Å². The van der Waals surface area contributed by atoms with Crippen molar-refractivity contribution in [3.8, 4) is 0 Å². The number of allylic oxidation sites excluding steroid dienone is 9. The Morgan fingerprint density at radius 3 is 1.82 bits per heavy atom. The summed E-state index contributed by atoms with van der Waals surface area (Å²) < 4.78 is 0. The van der Waals surface area contributed by atoms with Gasteiger partial charge < -0.3 is 0 Å². The average molecular weight is 228 g/mol. The Bertz CT molecular complexity index is 409. The summed E-state index contributed by atoms with van der Waals surface area (Å²) >= 11 is 0. The molecule has 1 aliphatic rings. The Hall–Kier alpha value is -1.30. The van der Waals surface area contributed by atoms with Crippen LogP contribution in [-0.2, 0) is 0 Å². The van der Waals surface area contributed by atoms with Crippen LogP contribution in [0.2, 0.25) is 0 Å². The molecule has 0 aromatic carbocycles. The lowest BCUT2D eigenvalue weighted by Gasteiger charge is -2.26. The predicted octanol–water partition coefficient (Wildman–Crippen LogP) is 5.22. The number of hydrogen-bond acceptors (Lipinski definition) is 0. The van der Waals surface area contributed by atoms with E-state index in [0.29, 0.717) is 0 Å². The quantitative estimate of drug-likeness (QED) is 0.568. The molecule has 0 N–H and O–H groups in total. The van der Waals surface area contributed by atoms with E-state index in [2.05, 4.69) is 70.7 Å². The lowest BCUT2D eigenvalue weighted by molar-refractivity contribution is 0.571. The Morgan fingerprint density at radius 1 is 0.941 bits per heavy atom. The minimum Gasteiger partial charge on any atom is -0.0985 e. The van der Waals surface area contributed by atoms with Gasteiger partial charge in [0.1, 0.15) is 0 Å². The molecule has 0 aromatic rings. The molecule has 0 atom stereocenters. The van der Waals surface area contributed by atoms with E-state index in [-0.39, 0.29) is 10.8 Å². The summed E-state index contributed by atoms with van der Waals surface area (Å²) in [6.45, 7) is 14.9. The zero-order valence-corrected chi connectivity index (χ0v) is 11.7. The molecule has 0 saturated heterocycles. The molecular weight excluding hydrogens is 204 g/mol. The highest BCUT2D eigenvalue weighted by molar-refractivity contribution is 5.49. The van der Waals surface area contributed by atoms with Crippen molar-refractivity contribution in [3.63, 3.8) is 0 Å². The summed E-state index contributed by atoms with van der Waals surface area (Å²) in [5, 5.41) is 0. The first-order valence-electron chi connectivity index (χ1n) is 6.21. The molecule has 0 radical (unpaired) electrons. The smallest absolute Gasteiger partial charge is 0.00139 e. The van der Waals surface area contributed by atoms with E-state index in [4.69, 9.17) is 0 Å². The van der Waals surface area contributed by atoms with Crippen molar-refractivity contribution in [2.24, 2.45) is 10.8 Å². The van der Waals surface area contributed by atoms with Crippen molar-refractivity contribution in [3.05, 3.63) is 60.3 Å². The van der Waals surface area contributed by atoms with Gasteiger partial charge in [0, 0.05) is 10.8 Å². The van der Waals surface area contributed by atoms with E-state index in [0.717, 1.165) is 0 Å². The van der Waals surface area contributed by atoms with Crippen molar-refractivity contribution in [2.75, 3.05) is 0 Å². The summed E-state index contributed by atoms with van der Waals surface area (Å²) in [5.41, 5.74) is 2.62. The Labute approximate surface area is 106 Å². The molecule has 0 heterocycles. The van der Waals surface area contributed by atoms with Gasteiger partial charge in [-0.25, -0.2) is 0 Å². The molecule has 0 aliphatic heterocycles. The van der Waals surface area contributed by atoms with Crippen LogP contribution in [0.15, 0.2) is 60.3 Å². The molecule has 0 amide bonds. The van der Waals surface area contributed by atoms with Gasteiger partial charge in [-0.1, -0.05) is 76.8 Å². The molecule has 0 nitrogen and oxygen atoms in total. The number of rotatable bonds is 2. The van der Waals surface area contributed by atoms with Crippen LogP contribution >= 0.6 is 0 Å². The maximum atomic E-state index is 3.94. The first kappa shape index (κ1) is 13.8. The normalized spacial score (nSPS) is 30.6. The molecule has 0 saturated carbocycles. The van der Waals surface area contributed by atoms with Gasteiger partial charge in [0.2, 0.25) is 0 Å². The summed E-state index contributed by atoms with van der Waals surface area (Å²) in [7, 11) is 0. The van der Waals surface area contributed by atoms with Gasteiger partial charge in [-0.15, -0.1) is 0 Å². The topological polar surface area (TPSA) is 0 Å². The van der Waals surface area contributed by atoms with E-state index in [1.165, 1.54) is 11.1 Å². The second-order valence-electron chi connectivity index (χ2n) is 5.88. The zero-order chi connectivity index (χ0) is 13.1. The molecule has 1 aliphatic carbocycles. The van der Waals surface area contributed by atoms with Gasteiger partial charge >= 0.3 is 0 Å². The highest BCUT2D eigenvalue weighted by atomic mass is 14.2. The fourth-order valence-electron chi connectivity index (χ4n) is 1.99. The Morgan fingerprint density at radius 2 is 1.41 bits per heavy atom. The monoisotopic (exact) mass is 228 g/mol. The summed E-state index contributed by atoms with van der Waals surface area (Å²) in [6.07, 6.45) is 15.3. The van der Waals surface area contributed by atoms with E-state index >= 15 is 0 Å². The van der Waals surface area contributed by atoms with Gasteiger partial charge in [0.25, 0.3) is 0 Å². The second-order valence-corrected chi connectivity index (χ2v) is 5.88. The minimum absolute atomic E-state index is 0.0713. The van der Waals surface area contributed by atoms with Gasteiger partial charge in [0.15, 0.2) is 0 Å². The molecule has 17 heavy (non-hydrogen) atoms. The molecular formula is C17H24. The fraction of sp³-hybridized carbons (Fsp3) is 0.412. The van der Waals surface area contributed by atoms with E-state index in [9.17, 15) is 0 Å². The Kier molecular flexibility index (Phi) is 3.98. The van der Waals surface area contributed by atoms with E-state index < -0.39 is 0 Å². The highest BCUT2D eigenvalue weighted by Crippen LogP contribution is 2.33. The lowest BCUT2D eigenvalue weighted by atomic mass is 9.79. The summed E-state index contributed by atoms with van der Waals surface area (Å²) in [6, 6.07) is 0. The van der Waals surface area contributed by atoms with E-state index in [1.807, 2.05) is 13.0 Å². The van der Waals surface area contributed by atoms with Crippen LogP contribution in [-0.4, -0.2) is 0 Å². The zero-order valence-electron chi connectivity index (χ0n) is 11.7. The van der Waals surface area contributed by atoms with Crippen LogP contribution in [0.1, 0.15) is 34.6 Å². The predicted molar refractivity (Wildman–Crippen MR) is 77.9 cm³/mol. The molecule has 0 unspecified atom stereocenters. The molecule has 0 bridgehead atoms. The third kappa shape index (κ3) is 3.89. The average Bonchev–Trinajstić information content (AvgIpc) is 2.22. The maximum absolute atomic E-state index is 3.94. The molecule has 0 heteroatoms. The molecule has 1 rings (SSSR count). The first-order chi connectivity index (χ1) is 7.79. The molecule has 0 spiro atoms. The third-order valence-corrected chi connectivity index (χ3v) is 2.90. The van der Waals surface area contributed by atoms with Crippen LogP contribution < -0.4 is 0 Å². The Balaban J connectivity index is 3.42. The highest BCUT2D eigenvalue weighted by Gasteiger charge is 2.20. The van der Waals surface area contributed by atoms with Crippen molar-refractivity contribution in [1.29, 1.82) is 0 Å². The van der Waals surface area contributed by atoms with Crippen molar-refractivity contribution in [2.45, 2.75) is 34.6 Å². The molecule has 92 valence electrons. The molecule has 0 aromatic heterocycles. The van der Waals surface area contributed by atoms with E-state index in [1.54, 1.807) is 0 Å². The van der Waals surface area contributed by atoms with Crippen LogP contribution in [0, 0.1) is 10.8 Å². The second kappa shape index (κ2) is 4.91. The van der Waals surface area contributed by atoms with Crippen LogP contribution in [0.5, 0.6) is 0 Å².